The van der Waals surface area contributed by atoms with Crippen LogP contribution < -0.4 is 10.2 Å². The molecule has 0 saturated carbocycles. The summed E-state index contributed by atoms with van der Waals surface area (Å²) >= 11 is 0. The van der Waals surface area contributed by atoms with Gasteiger partial charge in [0.15, 0.2) is 0 Å². The minimum atomic E-state index is -0.996. The van der Waals surface area contributed by atoms with Crippen LogP contribution in [0.2, 0.25) is 0 Å². The molecule has 0 fully saturated rings. The fourth-order valence-electron chi connectivity index (χ4n) is 7.93. The Bertz CT molecular complexity index is 1320. The number of carboxylic acid groups (broad SMARTS) is 2. The molecule has 0 aliphatic carbocycles. The van der Waals surface area contributed by atoms with E-state index in [-0.39, 0.29) is 98.1 Å². The summed E-state index contributed by atoms with van der Waals surface area (Å²) in [6.07, 6.45) is 27.0. The van der Waals surface area contributed by atoms with E-state index in [0.29, 0.717) is 26.1 Å². The molecule has 0 N–H and O–H groups in total. The number of hydrogen-bond donors (Lipinski definition) is 0. The van der Waals surface area contributed by atoms with Crippen LogP contribution in [-0.4, -0.2) is 97.2 Å². The predicted molar refractivity (Wildman–Crippen MR) is 258 cm³/mol. The Hall–Kier alpha value is -2.19. The second-order valence-corrected chi connectivity index (χ2v) is 17.5. The maximum Gasteiger partial charge on any atom is 2.00 e. The molecule has 10 nitrogen and oxygen atoms in total. The van der Waals surface area contributed by atoms with Crippen LogP contribution in [0, 0.1) is 0 Å². The molecule has 0 radical (unpaired) electrons. The molecular formula is C54H86BaO10. The van der Waals surface area contributed by atoms with Crippen molar-refractivity contribution in [2.75, 3.05) is 0 Å². The fraction of sp³-hybridized carbons (Fsp3) is 0.704. The summed E-state index contributed by atoms with van der Waals surface area (Å²) in [7, 11) is 0. The molecule has 0 aromatic heterocycles. The van der Waals surface area contributed by atoms with E-state index in [1.54, 1.807) is 0 Å². The number of unbranched alkanes of at least 4 members (excludes halogenated alkanes) is 12. The molecule has 4 unspecified atom stereocenters. The van der Waals surface area contributed by atoms with Gasteiger partial charge in [0.25, 0.3) is 0 Å². The van der Waals surface area contributed by atoms with E-state index in [2.05, 4.69) is 13.8 Å². The number of ether oxygens (including phenoxy) is 4. The van der Waals surface area contributed by atoms with Gasteiger partial charge in [0.05, 0.1) is 25.4 Å². The Kier molecular flexibility index (Phi) is 42.8. The molecule has 364 valence electrons. The van der Waals surface area contributed by atoms with Crippen molar-refractivity contribution in [3.8, 4) is 0 Å². The van der Waals surface area contributed by atoms with Gasteiger partial charge in [-0.3, -0.25) is 9.59 Å². The first kappa shape index (κ1) is 62.8. The molecule has 0 aliphatic rings. The van der Waals surface area contributed by atoms with Crippen molar-refractivity contribution in [3.05, 3.63) is 71.8 Å². The average molecular weight is 1030 g/mol. The Morgan fingerprint density at radius 1 is 0.415 bits per heavy atom. The first-order valence-corrected chi connectivity index (χ1v) is 25.1. The molecule has 11 heteroatoms. The molecule has 0 heterocycles. The number of esters is 2. The summed E-state index contributed by atoms with van der Waals surface area (Å²) in [5.41, 5.74) is 2.26. The van der Waals surface area contributed by atoms with Gasteiger partial charge in [0.1, 0.15) is 12.2 Å². The Labute approximate surface area is 434 Å². The smallest absolute Gasteiger partial charge is 0.550 e. The molecule has 2 aromatic rings. The SMILES string of the molecule is CCCCCCC(CCCCCCC(CCCC(=O)[O-])OCc1ccccc1)OC(C)=O.CCCCCCC(CCCCCCC(CCCC(=O)[O-])OCc1ccccc1)OC(C)=O.[Ba+2]. The van der Waals surface area contributed by atoms with Crippen LogP contribution in [0.1, 0.15) is 219 Å². The topological polar surface area (TPSA) is 151 Å². The molecule has 0 saturated heterocycles. The molecule has 2 aromatic carbocycles. The average Bonchev–Trinajstić information content (AvgIpc) is 3.26. The van der Waals surface area contributed by atoms with Gasteiger partial charge in [-0.25, -0.2) is 0 Å². The van der Waals surface area contributed by atoms with E-state index in [9.17, 15) is 29.4 Å². The van der Waals surface area contributed by atoms with Crippen molar-refractivity contribution in [1.82, 2.24) is 0 Å². The summed E-state index contributed by atoms with van der Waals surface area (Å²) in [6, 6.07) is 20.1. The van der Waals surface area contributed by atoms with Crippen LogP contribution in [-0.2, 0) is 51.3 Å². The number of carbonyl (C=O) groups is 4. The summed E-state index contributed by atoms with van der Waals surface area (Å²) < 4.78 is 23.2. The zero-order chi connectivity index (χ0) is 46.9. The van der Waals surface area contributed by atoms with Gasteiger partial charge in [-0.15, -0.1) is 0 Å². The minimum Gasteiger partial charge on any atom is -0.550 e. The van der Waals surface area contributed by atoms with Crippen LogP contribution in [0.15, 0.2) is 60.7 Å². The molecule has 0 bridgehead atoms. The summed E-state index contributed by atoms with van der Waals surface area (Å²) in [5.74, 6) is -2.35. The number of hydrogen-bond acceptors (Lipinski definition) is 10. The van der Waals surface area contributed by atoms with Gasteiger partial charge in [-0.05, 0) is 114 Å². The van der Waals surface area contributed by atoms with E-state index in [1.807, 2.05) is 60.7 Å². The maximum atomic E-state index is 11.4. The molecule has 2 rings (SSSR count). The molecule has 0 aliphatic heterocycles. The first-order valence-electron chi connectivity index (χ1n) is 25.1. The maximum absolute atomic E-state index is 11.4. The van der Waals surface area contributed by atoms with Crippen LogP contribution in [0.25, 0.3) is 0 Å². The third-order valence-corrected chi connectivity index (χ3v) is 11.5. The van der Waals surface area contributed by atoms with Gasteiger partial charge in [0, 0.05) is 25.8 Å². The van der Waals surface area contributed by atoms with Crippen LogP contribution >= 0.6 is 0 Å². The first-order chi connectivity index (χ1) is 31.0. The molecule has 65 heavy (non-hydrogen) atoms. The van der Waals surface area contributed by atoms with Crippen molar-refractivity contribution >= 4 is 72.8 Å². The van der Waals surface area contributed by atoms with Crippen molar-refractivity contribution < 1.29 is 48.3 Å². The number of benzene rings is 2. The van der Waals surface area contributed by atoms with Crippen molar-refractivity contribution in [2.24, 2.45) is 0 Å². The number of carbonyl (C=O) groups excluding carboxylic acids is 4. The molecule has 0 amide bonds. The van der Waals surface area contributed by atoms with E-state index in [1.165, 1.54) is 52.4 Å². The minimum absolute atomic E-state index is 0. The second-order valence-electron chi connectivity index (χ2n) is 17.5. The van der Waals surface area contributed by atoms with Gasteiger partial charge < -0.3 is 38.7 Å². The van der Waals surface area contributed by atoms with Crippen LogP contribution in [0.5, 0.6) is 0 Å². The van der Waals surface area contributed by atoms with Crippen LogP contribution in [0.4, 0.5) is 0 Å². The Balaban J connectivity index is 0.00000124. The monoisotopic (exact) mass is 1030 g/mol. The largest absolute Gasteiger partial charge is 2.00 e. The molecule has 4 atom stereocenters. The van der Waals surface area contributed by atoms with Crippen LogP contribution in [0.3, 0.4) is 0 Å². The zero-order valence-electron chi connectivity index (χ0n) is 41.1. The van der Waals surface area contributed by atoms with Gasteiger partial charge >= 0.3 is 60.8 Å². The van der Waals surface area contributed by atoms with Gasteiger partial charge in [-0.1, -0.05) is 152 Å². The van der Waals surface area contributed by atoms with Crippen molar-refractivity contribution in [3.63, 3.8) is 0 Å². The van der Waals surface area contributed by atoms with Gasteiger partial charge in [-0.2, -0.15) is 0 Å². The van der Waals surface area contributed by atoms with Crippen molar-refractivity contribution in [2.45, 2.75) is 245 Å². The second kappa shape index (κ2) is 44.3. The summed E-state index contributed by atoms with van der Waals surface area (Å²) in [6.45, 7) is 8.50. The molecular weight excluding hydrogens is 946 g/mol. The van der Waals surface area contributed by atoms with E-state index in [0.717, 1.165) is 127 Å². The Morgan fingerprint density at radius 2 is 0.692 bits per heavy atom. The van der Waals surface area contributed by atoms with Crippen molar-refractivity contribution in [1.29, 1.82) is 0 Å². The van der Waals surface area contributed by atoms with Gasteiger partial charge in [0.2, 0.25) is 0 Å². The number of aliphatic carboxylic acids is 2. The fourth-order valence-corrected chi connectivity index (χ4v) is 7.93. The van der Waals surface area contributed by atoms with E-state index >= 15 is 0 Å². The third-order valence-electron chi connectivity index (χ3n) is 11.5. The summed E-state index contributed by atoms with van der Waals surface area (Å²) in [4.78, 5) is 44.2. The predicted octanol–water partition coefficient (Wildman–Crippen LogP) is 11.1. The Morgan fingerprint density at radius 3 is 0.969 bits per heavy atom. The van der Waals surface area contributed by atoms with E-state index < -0.39 is 11.9 Å². The number of rotatable bonds is 40. The quantitative estimate of drug-likeness (QED) is 0.0358. The number of carboxylic acids is 2. The summed E-state index contributed by atoms with van der Waals surface area (Å²) in [5, 5.41) is 21.5. The zero-order valence-corrected chi connectivity index (χ0v) is 45.5. The molecule has 0 spiro atoms. The third kappa shape index (κ3) is 40.6. The standard InChI is InChI=1S/2C27H44O5.Ba/c2*1-3-4-5-11-18-26(32-23(2)28)19-13-7-6-12-17-25(20-14-21-27(29)30)31-22-24-15-9-8-10-16-24;/h2*8-10,15-16,25-26H,3-7,11-14,17-22H2,1-2H3,(H,29,30);/q;;+2/p-2. The normalized spacial score (nSPS) is 12.7. The van der Waals surface area contributed by atoms with E-state index in [4.69, 9.17) is 18.9 Å².